The molecule has 236 valence electrons. The highest BCUT2D eigenvalue weighted by atomic mass is 19.4. The number of rotatable bonds is 7. The van der Waals surface area contributed by atoms with Crippen LogP contribution < -0.4 is 18.9 Å². The Morgan fingerprint density at radius 2 is 1.78 bits per heavy atom. The number of alkyl halides is 5. The molecule has 0 unspecified atom stereocenters. The summed E-state index contributed by atoms with van der Waals surface area (Å²) in [6.45, 7) is 1.54. The highest BCUT2D eigenvalue weighted by Gasteiger charge is 2.44. The fraction of sp³-hybridized carbons (Fsp3) is 0.290. The summed E-state index contributed by atoms with van der Waals surface area (Å²) in [4.78, 5) is 11.8. The summed E-state index contributed by atoms with van der Waals surface area (Å²) in [6, 6.07) is 13.4. The molecule has 2 aliphatic rings. The minimum absolute atomic E-state index is 0.0396. The van der Waals surface area contributed by atoms with Crippen molar-refractivity contribution in [2.75, 3.05) is 7.11 Å². The Morgan fingerprint density at radius 3 is 2.49 bits per heavy atom. The van der Waals surface area contributed by atoms with Crippen molar-refractivity contribution < 1.29 is 54.8 Å². The second-order valence-corrected chi connectivity index (χ2v) is 10.4. The normalized spacial score (nSPS) is 17.4. The molecular formula is C31H24F6N2O6. The molecule has 8 nitrogen and oxygen atoms in total. The van der Waals surface area contributed by atoms with Gasteiger partial charge in [-0.05, 0) is 80.3 Å². The second kappa shape index (κ2) is 11.2. The Balaban J connectivity index is 1.33. The molecule has 0 N–H and O–H groups in total. The molecule has 45 heavy (non-hydrogen) atoms. The monoisotopic (exact) mass is 634 g/mol. The third-order valence-electron chi connectivity index (χ3n) is 7.40. The summed E-state index contributed by atoms with van der Waals surface area (Å²) in [5.74, 6) is -1.78. The van der Waals surface area contributed by atoms with Crippen molar-refractivity contribution in [1.29, 1.82) is 0 Å². The predicted molar refractivity (Wildman–Crippen MR) is 144 cm³/mol. The van der Waals surface area contributed by atoms with Crippen molar-refractivity contribution in [1.82, 2.24) is 9.78 Å². The first-order chi connectivity index (χ1) is 21.3. The van der Waals surface area contributed by atoms with Gasteiger partial charge in [-0.25, -0.2) is 13.9 Å². The van der Waals surface area contributed by atoms with E-state index in [4.69, 9.17) is 14.2 Å². The number of benzene rings is 3. The number of hydrogen-bond donors (Lipinski definition) is 0. The van der Waals surface area contributed by atoms with Crippen LogP contribution in [0, 0.1) is 5.82 Å². The van der Waals surface area contributed by atoms with Crippen molar-refractivity contribution >= 4 is 5.97 Å². The molecule has 0 amide bonds. The van der Waals surface area contributed by atoms with Gasteiger partial charge in [-0.1, -0.05) is 6.07 Å². The van der Waals surface area contributed by atoms with Crippen molar-refractivity contribution in [3.63, 3.8) is 0 Å². The third kappa shape index (κ3) is 5.96. The smallest absolute Gasteiger partial charge is 0.484 e. The van der Waals surface area contributed by atoms with E-state index < -0.39 is 42.2 Å². The summed E-state index contributed by atoms with van der Waals surface area (Å²) >= 11 is 0. The van der Waals surface area contributed by atoms with E-state index in [1.54, 1.807) is 0 Å². The molecule has 3 aromatic carbocycles. The third-order valence-corrected chi connectivity index (χ3v) is 7.40. The van der Waals surface area contributed by atoms with Crippen LogP contribution in [0.25, 0.3) is 5.69 Å². The number of fused-ring (bicyclic) bond motifs is 2. The van der Waals surface area contributed by atoms with E-state index in [9.17, 15) is 31.1 Å². The number of carbonyl (C=O) groups excluding carboxylic acids is 1. The average molecular weight is 635 g/mol. The van der Waals surface area contributed by atoms with Gasteiger partial charge >= 0.3 is 18.4 Å². The van der Waals surface area contributed by atoms with Gasteiger partial charge in [-0.15, -0.1) is 8.78 Å². The zero-order chi connectivity index (χ0) is 32.1. The van der Waals surface area contributed by atoms with Crippen LogP contribution in [0.15, 0.2) is 60.7 Å². The molecule has 6 rings (SSSR count). The largest absolute Gasteiger partial charge is 0.586 e. The lowest BCUT2D eigenvalue weighted by Crippen LogP contribution is -2.25. The van der Waals surface area contributed by atoms with Gasteiger partial charge in [0.1, 0.15) is 18.0 Å². The maximum atomic E-state index is 15.0. The van der Waals surface area contributed by atoms with Crippen LogP contribution in [0.4, 0.5) is 26.3 Å². The minimum atomic E-state index is -4.77. The molecule has 0 radical (unpaired) electrons. The molecule has 1 aliphatic carbocycles. The van der Waals surface area contributed by atoms with Gasteiger partial charge in [0, 0.05) is 11.6 Å². The highest BCUT2D eigenvalue weighted by Crippen LogP contribution is 2.44. The van der Waals surface area contributed by atoms with E-state index >= 15 is 0 Å². The van der Waals surface area contributed by atoms with Crippen LogP contribution >= 0.6 is 0 Å². The molecule has 0 bridgehead atoms. The Labute approximate surface area is 252 Å². The van der Waals surface area contributed by atoms with E-state index in [-0.39, 0.29) is 46.2 Å². The zero-order valence-corrected chi connectivity index (χ0v) is 23.7. The van der Waals surface area contributed by atoms with Crippen LogP contribution in [-0.2, 0) is 17.3 Å². The van der Waals surface area contributed by atoms with Crippen molar-refractivity contribution in [2.45, 2.75) is 50.9 Å². The van der Waals surface area contributed by atoms with Crippen LogP contribution in [0.5, 0.6) is 23.0 Å². The molecule has 2 atom stereocenters. The van der Waals surface area contributed by atoms with Crippen molar-refractivity contribution in [3.05, 3.63) is 94.6 Å². The van der Waals surface area contributed by atoms with E-state index in [1.807, 2.05) is 0 Å². The lowest BCUT2D eigenvalue weighted by molar-refractivity contribution is -0.286. The first kappa shape index (κ1) is 30.2. The Morgan fingerprint density at radius 1 is 1.04 bits per heavy atom. The van der Waals surface area contributed by atoms with E-state index in [0.717, 1.165) is 10.7 Å². The number of esters is 1. The number of nitrogens with zero attached hydrogens (tertiary/aromatic N) is 2. The molecular weight excluding hydrogens is 610 g/mol. The molecule has 0 spiro atoms. The highest BCUT2D eigenvalue weighted by molar-refractivity contribution is 5.89. The van der Waals surface area contributed by atoms with Gasteiger partial charge in [-0.3, -0.25) is 0 Å². The first-order valence-electron chi connectivity index (χ1n) is 13.7. The molecule has 14 heteroatoms. The fourth-order valence-corrected chi connectivity index (χ4v) is 5.32. The van der Waals surface area contributed by atoms with E-state index in [0.29, 0.717) is 24.2 Å². The molecule has 0 saturated heterocycles. The number of carbonyl (C=O) groups is 1. The maximum absolute atomic E-state index is 15.0. The summed E-state index contributed by atoms with van der Waals surface area (Å²) in [5.41, 5.74) is -0.278. The van der Waals surface area contributed by atoms with Gasteiger partial charge in [-0.2, -0.15) is 18.3 Å². The lowest BCUT2D eigenvalue weighted by atomic mass is 9.93. The quantitative estimate of drug-likeness (QED) is 0.152. The van der Waals surface area contributed by atoms with Crippen LogP contribution in [0.3, 0.4) is 0 Å². The van der Waals surface area contributed by atoms with Gasteiger partial charge < -0.3 is 23.7 Å². The average Bonchev–Trinajstić information content (AvgIpc) is 3.55. The SMILES string of the molecule is COC(=O)c1ccc(O[C@H]2CCCc3c(C(F)(F)F)nn(-c4ccc(F)c(O[C@@H](C)c5ccc6c(c5)OC(F)(F)O6)c4)c32)cc1. The topological polar surface area (TPSA) is 81.0 Å². The molecule has 2 heterocycles. The molecule has 1 aromatic heterocycles. The Kier molecular flexibility index (Phi) is 7.53. The second-order valence-electron chi connectivity index (χ2n) is 10.4. The van der Waals surface area contributed by atoms with Crippen LogP contribution in [-0.4, -0.2) is 29.2 Å². The minimum Gasteiger partial charge on any atom is -0.484 e. The van der Waals surface area contributed by atoms with Gasteiger partial charge in [0.05, 0.1) is 24.1 Å². The Bertz CT molecular complexity index is 1750. The number of aromatic nitrogens is 2. The molecule has 4 aromatic rings. The van der Waals surface area contributed by atoms with E-state index in [1.165, 1.54) is 68.6 Å². The number of ether oxygens (including phenoxy) is 5. The molecule has 0 fully saturated rings. The standard InChI is InChI=1S/C31H24F6N2O6/c1-16(18-8-13-23-26(14-18)45-31(36,37)44-23)42-25-15-19(9-12-22(25)32)39-27-21(28(38-39)30(33,34)35)4-3-5-24(27)43-20-10-6-17(7-11-20)29(40)41-2/h6-16,24H,3-5H2,1-2H3/t16-,24-/m0/s1. The summed E-state index contributed by atoms with van der Waals surface area (Å²) in [6.07, 6.45) is -9.50. The summed E-state index contributed by atoms with van der Waals surface area (Å²) in [7, 11) is 1.24. The molecule has 1 aliphatic heterocycles. The van der Waals surface area contributed by atoms with Crippen molar-refractivity contribution in [2.24, 2.45) is 0 Å². The fourth-order valence-electron chi connectivity index (χ4n) is 5.32. The zero-order valence-electron chi connectivity index (χ0n) is 23.7. The Hall–Kier alpha value is -4.88. The van der Waals surface area contributed by atoms with E-state index in [2.05, 4.69) is 14.6 Å². The van der Waals surface area contributed by atoms with Gasteiger partial charge in [0.15, 0.2) is 28.8 Å². The van der Waals surface area contributed by atoms with Crippen LogP contribution in [0.1, 0.15) is 64.8 Å². The summed E-state index contributed by atoms with van der Waals surface area (Å²) in [5, 5.41) is 3.91. The number of methoxy groups -OCH3 is 1. The van der Waals surface area contributed by atoms with Crippen molar-refractivity contribution in [3.8, 4) is 28.7 Å². The summed E-state index contributed by atoms with van der Waals surface area (Å²) < 4.78 is 111. The predicted octanol–water partition coefficient (Wildman–Crippen LogP) is 7.73. The first-order valence-corrected chi connectivity index (χ1v) is 13.7. The maximum Gasteiger partial charge on any atom is 0.586 e. The molecule has 0 saturated carbocycles. The number of hydrogen-bond acceptors (Lipinski definition) is 7. The van der Waals surface area contributed by atoms with Crippen LogP contribution in [0.2, 0.25) is 0 Å². The van der Waals surface area contributed by atoms with Gasteiger partial charge in [0.2, 0.25) is 0 Å². The van der Waals surface area contributed by atoms with Gasteiger partial charge in [0.25, 0.3) is 0 Å². The lowest BCUT2D eigenvalue weighted by Gasteiger charge is -2.26. The number of halogens is 6.